The number of benzene rings is 2. The van der Waals surface area contributed by atoms with Crippen LogP contribution in [0.3, 0.4) is 0 Å². The maximum atomic E-state index is 5.23. The summed E-state index contributed by atoms with van der Waals surface area (Å²) in [7, 11) is 3.66. The van der Waals surface area contributed by atoms with E-state index >= 15 is 0 Å². The monoisotopic (exact) mass is 241 g/mol. The topological polar surface area (TPSA) is 21.3 Å². The highest BCUT2D eigenvalue weighted by atomic mass is 16.5. The van der Waals surface area contributed by atoms with Crippen molar-refractivity contribution in [2.24, 2.45) is 0 Å². The zero-order valence-electron chi connectivity index (χ0n) is 11.2. The molecule has 2 heteroatoms. The number of rotatable bonds is 4. The Kier molecular flexibility index (Phi) is 4.00. The molecule has 0 aliphatic rings. The number of aryl methyl sites for hydroxylation is 1. The van der Waals surface area contributed by atoms with Crippen molar-refractivity contribution in [3.05, 3.63) is 53.6 Å². The number of hydrogen-bond donors (Lipinski definition) is 1. The molecule has 0 unspecified atom stereocenters. The van der Waals surface area contributed by atoms with Crippen LogP contribution in [0.5, 0.6) is 5.75 Å². The van der Waals surface area contributed by atoms with E-state index in [2.05, 4.69) is 48.6 Å². The first-order chi connectivity index (χ1) is 8.74. The normalized spacial score (nSPS) is 10.4. The van der Waals surface area contributed by atoms with E-state index in [4.69, 9.17) is 4.74 Å². The lowest BCUT2D eigenvalue weighted by molar-refractivity contribution is 0.414. The molecule has 0 aromatic heterocycles. The quantitative estimate of drug-likeness (QED) is 0.886. The molecule has 2 nitrogen and oxygen atoms in total. The largest absolute Gasteiger partial charge is 0.497 e. The van der Waals surface area contributed by atoms with E-state index in [1.807, 2.05) is 13.1 Å². The van der Waals surface area contributed by atoms with Crippen molar-refractivity contribution in [1.29, 1.82) is 0 Å². The van der Waals surface area contributed by atoms with E-state index in [9.17, 15) is 0 Å². The van der Waals surface area contributed by atoms with Crippen molar-refractivity contribution in [3.8, 4) is 16.9 Å². The fourth-order valence-electron chi connectivity index (χ4n) is 2.09. The Morgan fingerprint density at radius 1 is 1.06 bits per heavy atom. The first-order valence-electron chi connectivity index (χ1n) is 6.13. The Hall–Kier alpha value is -1.80. The predicted molar refractivity (Wildman–Crippen MR) is 75.9 cm³/mol. The fourth-order valence-corrected chi connectivity index (χ4v) is 2.09. The molecule has 0 heterocycles. The van der Waals surface area contributed by atoms with Crippen LogP contribution < -0.4 is 10.1 Å². The third-order valence-corrected chi connectivity index (χ3v) is 3.08. The summed E-state index contributed by atoms with van der Waals surface area (Å²) < 4.78 is 5.23. The van der Waals surface area contributed by atoms with Gasteiger partial charge in [-0.1, -0.05) is 30.3 Å². The summed E-state index contributed by atoms with van der Waals surface area (Å²) in [6.07, 6.45) is 0. The van der Waals surface area contributed by atoms with Gasteiger partial charge in [-0.15, -0.1) is 0 Å². The van der Waals surface area contributed by atoms with Crippen LogP contribution in [0.15, 0.2) is 42.5 Å². The molecular weight excluding hydrogens is 222 g/mol. The minimum atomic E-state index is 0.905. The SMILES string of the molecule is CNCc1ccc(-c2ccc(OC)cc2C)cc1. The highest BCUT2D eigenvalue weighted by molar-refractivity contribution is 5.68. The number of methoxy groups -OCH3 is 1. The van der Waals surface area contributed by atoms with E-state index in [1.165, 1.54) is 22.3 Å². The molecule has 0 amide bonds. The van der Waals surface area contributed by atoms with Crippen LogP contribution in [0.2, 0.25) is 0 Å². The van der Waals surface area contributed by atoms with E-state index in [0.717, 1.165) is 12.3 Å². The molecule has 0 saturated carbocycles. The average molecular weight is 241 g/mol. The zero-order valence-corrected chi connectivity index (χ0v) is 11.2. The highest BCUT2D eigenvalue weighted by Crippen LogP contribution is 2.26. The number of hydrogen-bond acceptors (Lipinski definition) is 2. The number of nitrogens with one attached hydrogen (secondary N) is 1. The predicted octanol–water partition coefficient (Wildman–Crippen LogP) is 3.39. The second kappa shape index (κ2) is 5.69. The maximum Gasteiger partial charge on any atom is 0.119 e. The molecule has 0 bridgehead atoms. The third-order valence-electron chi connectivity index (χ3n) is 3.08. The standard InChI is InChI=1S/C16H19NO/c1-12-10-15(18-3)8-9-16(12)14-6-4-13(5-7-14)11-17-2/h4-10,17H,11H2,1-3H3. The lowest BCUT2D eigenvalue weighted by Gasteiger charge is -2.09. The number of ether oxygens (including phenoxy) is 1. The van der Waals surface area contributed by atoms with E-state index < -0.39 is 0 Å². The molecule has 0 radical (unpaired) electrons. The van der Waals surface area contributed by atoms with E-state index in [-0.39, 0.29) is 0 Å². The summed E-state index contributed by atoms with van der Waals surface area (Å²) in [6, 6.07) is 14.8. The highest BCUT2D eigenvalue weighted by Gasteiger charge is 2.03. The van der Waals surface area contributed by atoms with Gasteiger partial charge in [0.15, 0.2) is 0 Å². The summed E-state index contributed by atoms with van der Waals surface area (Å²) in [5, 5.41) is 3.15. The molecule has 0 aliphatic carbocycles. The van der Waals surface area contributed by atoms with Gasteiger partial charge in [-0.25, -0.2) is 0 Å². The average Bonchev–Trinajstić information content (AvgIpc) is 2.40. The van der Waals surface area contributed by atoms with Crippen LogP contribution >= 0.6 is 0 Å². The van der Waals surface area contributed by atoms with Crippen LogP contribution in [-0.2, 0) is 6.54 Å². The molecule has 2 aromatic carbocycles. The maximum absolute atomic E-state index is 5.23. The van der Waals surface area contributed by atoms with Gasteiger partial charge < -0.3 is 10.1 Å². The van der Waals surface area contributed by atoms with Crippen LogP contribution in [-0.4, -0.2) is 14.2 Å². The molecule has 0 fully saturated rings. The van der Waals surface area contributed by atoms with E-state index in [0.29, 0.717) is 0 Å². The second-order valence-electron chi connectivity index (χ2n) is 4.41. The van der Waals surface area contributed by atoms with Gasteiger partial charge in [0.25, 0.3) is 0 Å². The Morgan fingerprint density at radius 2 is 1.78 bits per heavy atom. The molecule has 0 atom stereocenters. The molecule has 94 valence electrons. The van der Waals surface area contributed by atoms with Crippen LogP contribution in [0.25, 0.3) is 11.1 Å². The van der Waals surface area contributed by atoms with Gasteiger partial charge >= 0.3 is 0 Å². The van der Waals surface area contributed by atoms with Crippen molar-refractivity contribution >= 4 is 0 Å². The smallest absolute Gasteiger partial charge is 0.119 e. The lowest BCUT2D eigenvalue weighted by atomic mass is 9.99. The summed E-state index contributed by atoms with van der Waals surface area (Å²) in [5.41, 5.74) is 5.03. The Balaban J connectivity index is 2.30. The molecule has 2 aromatic rings. The summed E-state index contributed by atoms with van der Waals surface area (Å²) in [6.45, 7) is 3.02. The van der Waals surface area contributed by atoms with E-state index in [1.54, 1.807) is 7.11 Å². The Labute approximate surface area is 109 Å². The minimum absolute atomic E-state index is 0.905. The zero-order chi connectivity index (χ0) is 13.0. The van der Waals surface area contributed by atoms with Gasteiger partial charge in [0.05, 0.1) is 7.11 Å². The fraction of sp³-hybridized carbons (Fsp3) is 0.250. The summed E-state index contributed by atoms with van der Waals surface area (Å²) in [4.78, 5) is 0. The first-order valence-corrected chi connectivity index (χ1v) is 6.13. The summed E-state index contributed by atoms with van der Waals surface area (Å²) >= 11 is 0. The van der Waals surface area contributed by atoms with Crippen molar-refractivity contribution in [1.82, 2.24) is 5.32 Å². The Bertz CT molecular complexity index is 517. The van der Waals surface area contributed by atoms with Crippen molar-refractivity contribution in [2.75, 3.05) is 14.2 Å². The lowest BCUT2D eigenvalue weighted by Crippen LogP contribution is -2.04. The molecule has 2 rings (SSSR count). The van der Waals surface area contributed by atoms with Crippen LogP contribution in [0.1, 0.15) is 11.1 Å². The van der Waals surface area contributed by atoms with Crippen molar-refractivity contribution < 1.29 is 4.74 Å². The second-order valence-corrected chi connectivity index (χ2v) is 4.41. The van der Waals surface area contributed by atoms with Gasteiger partial charge in [0, 0.05) is 6.54 Å². The van der Waals surface area contributed by atoms with Crippen LogP contribution in [0.4, 0.5) is 0 Å². The van der Waals surface area contributed by atoms with Gasteiger partial charge in [0.1, 0.15) is 5.75 Å². The van der Waals surface area contributed by atoms with Crippen molar-refractivity contribution in [3.63, 3.8) is 0 Å². The Morgan fingerprint density at radius 3 is 2.33 bits per heavy atom. The van der Waals surface area contributed by atoms with Crippen molar-refractivity contribution in [2.45, 2.75) is 13.5 Å². The van der Waals surface area contributed by atoms with Gasteiger partial charge in [-0.2, -0.15) is 0 Å². The van der Waals surface area contributed by atoms with Gasteiger partial charge in [-0.3, -0.25) is 0 Å². The van der Waals surface area contributed by atoms with Gasteiger partial charge in [0.2, 0.25) is 0 Å². The molecule has 0 saturated heterocycles. The molecule has 0 spiro atoms. The van der Waals surface area contributed by atoms with Gasteiger partial charge in [-0.05, 0) is 48.4 Å². The molecular formula is C16H19NO. The third kappa shape index (κ3) is 2.71. The molecule has 18 heavy (non-hydrogen) atoms. The molecule has 0 aliphatic heterocycles. The minimum Gasteiger partial charge on any atom is -0.497 e. The summed E-state index contributed by atoms with van der Waals surface area (Å²) in [5.74, 6) is 0.906. The van der Waals surface area contributed by atoms with Crippen LogP contribution in [0, 0.1) is 6.92 Å². The first kappa shape index (κ1) is 12.7. The molecule has 1 N–H and O–H groups in total.